The van der Waals surface area contributed by atoms with Crippen LogP contribution in [0.2, 0.25) is 0 Å². The maximum atomic E-state index is 13.8. The van der Waals surface area contributed by atoms with Crippen molar-refractivity contribution in [3.8, 4) is 0 Å². The highest BCUT2D eigenvalue weighted by atomic mass is 32.2. The SMILES string of the molecule is Cc1ccc(NS(=O)(=O)c2ccccc2F)cc1S(=O)(=O)Nc1ccccc1F. The molecule has 29 heavy (non-hydrogen) atoms. The van der Waals surface area contributed by atoms with Gasteiger partial charge in [-0.1, -0.05) is 30.3 Å². The van der Waals surface area contributed by atoms with Crippen molar-refractivity contribution < 1.29 is 25.6 Å². The molecule has 3 aromatic rings. The summed E-state index contributed by atoms with van der Waals surface area (Å²) in [5.41, 5.74) is -0.0281. The molecule has 0 spiro atoms. The Morgan fingerprint density at radius 3 is 1.93 bits per heavy atom. The number of aryl methyl sites for hydroxylation is 1. The fourth-order valence-electron chi connectivity index (χ4n) is 2.57. The van der Waals surface area contributed by atoms with E-state index in [0.29, 0.717) is 5.56 Å². The summed E-state index contributed by atoms with van der Waals surface area (Å²) in [6, 6.07) is 13.8. The Labute approximate surface area is 167 Å². The van der Waals surface area contributed by atoms with Crippen LogP contribution in [0.4, 0.5) is 20.2 Å². The van der Waals surface area contributed by atoms with Crippen LogP contribution in [0.3, 0.4) is 0 Å². The molecule has 0 saturated carbocycles. The molecule has 0 saturated heterocycles. The molecule has 152 valence electrons. The fourth-order valence-corrected chi connectivity index (χ4v) is 5.04. The molecule has 0 amide bonds. The molecule has 0 fully saturated rings. The van der Waals surface area contributed by atoms with Crippen LogP contribution in [0.1, 0.15) is 5.56 Å². The maximum absolute atomic E-state index is 13.8. The Bertz CT molecular complexity index is 1280. The molecular weight excluding hydrogens is 422 g/mol. The van der Waals surface area contributed by atoms with E-state index in [1.807, 2.05) is 0 Å². The quantitative estimate of drug-likeness (QED) is 0.611. The lowest BCUT2D eigenvalue weighted by molar-refractivity contribution is 0.570. The molecule has 2 N–H and O–H groups in total. The van der Waals surface area contributed by atoms with Gasteiger partial charge in [-0.25, -0.2) is 25.6 Å². The Morgan fingerprint density at radius 1 is 0.690 bits per heavy atom. The molecule has 10 heteroatoms. The second-order valence-corrected chi connectivity index (χ2v) is 9.40. The van der Waals surface area contributed by atoms with Crippen LogP contribution in [0.25, 0.3) is 0 Å². The highest BCUT2D eigenvalue weighted by Gasteiger charge is 2.22. The smallest absolute Gasteiger partial charge is 0.264 e. The average molecular weight is 438 g/mol. The van der Waals surface area contributed by atoms with E-state index < -0.39 is 36.6 Å². The Balaban J connectivity index is 1.96. The Kier molecular flexibility index (Phi) is 5.58. The van der Waals surface area contributed by atoms with E-state index in [1.54, 1.807) is 0 Å². The number of nitrogens with one attached hydrogen (secondary N) is 2. The maximum Gasteiger partial charge on any atom is 0.264 e. The summed E-state index contributed by atoms with van der Waals surface area (Å²) in [5.74, 6) is -1.70. The van der Waals surface area contributed by atoms with Crippen molar-refractivity contribution in [2.75, 3.05) is 9.44 Å². The van der Waals surface area contributed by atoms with Gasteiger partial charge < -0.3 is 0 Å². The van der Waals surface area contributed by atoms with E-state index in [-0.39, 0.29) is 16.3 Å². The molecule has 0 aliphatic carbocycles. The van der Waals surface area contributed by atoms with Gasteiger partial charge in [0, 0.05) is 0 Å². The molecule has 0 radical (unpaired) electrons. The van der Waals surface area contributed by atoms with Crippen molar-refractivity contribution in [3.63, 3.8) is 0 Å². The lowest BCUT2D eigenvalue weighted by Gasteiger charge is -2.14. The molecular formula is C19H16F2N2O4S2. The predicted octanol–water partition coefficient (Wildman–Crippen LogP) is 3.87. The molecule has 6 nitrogen and oxygen atoms in total. The van der Waals surface area contributed by atoms with Gasteiger partial charge in [0.25, 0.3) is 20.0 Å². The van der Waals surface area contributed by atoms with Crippen LogP contribution in [0, 0.1) is 18.6 Å². The zero-order valence-electron chi connectivity index (χ0n) is 15.1. The lowest BCUT2D eigenvalue weighted by atomic mass is 10.2. The average Bonchev–Trinajstić information content (AvgIpc) is 2.65. The minimum atomic E-state index is -4.28. The van der Waals surface area contributed by atoms with E-state index >= 15 is 0 Å². The Hall–Kier alpha value is -2.98. The van der Waals surface area contributed by atoms with Gasteiger partial charge >= 0.3 is 0 Å². The van der Waals surface area contributed by atoms with Crippen LogP contribution in [-0.2, 0) is 20.0 Å². The van der Waals surface area contributed by atoms with Gasteiger partial charge in [-0.05, 0) is 48.9 Å². The molecule has 0 aliphatic heterocycles. The standard InChI is InChI=1S/C19H16F2N2O4S2/c1-13-10-11-14(22-28(24,25)18-9-5-3-7-16(18)21)12-19(13)29(26,27)23-17-8-4-2-6-15(17)20/h2-12,22-23H,1H3. The molecule has 0 unspecified atom stereocenters. The fraction of sp³-hybridized carbons (Fsp3) is 0.0526. The highest BCUT2D eigenvalue weighted by molar-refractivity contribution is 7.93. The first kappa shape index (κ1) is 20.7. The molecule has 3 rings (SSSR count). The zero-order valence-corrected chi connectivity index (χ0v) is 16.7. The highest BCUT2D eigenvalue weighted by Crippen LogP contribution is 2.26. The topological polar surface area (TPSA) is 92.3 Å². The number of halogens is 2. The second kappa shape index (κ2) is 7.80. The summed E-state index contributed by atoms with van der Waals surface area (Å²) < 4.78 is 82.2. The van der Waals surface area contributed by atoms with Gasteiger partial charge in [-0.15, -0.1) is 0 Å². The molecule has 0 atom stereocenters. The van der Waals surface area contributed by atoms with Gasteiger partial charge in [-0.2, -0.15) is 0 Å². The minimum Gasteiger partial charge on any atom is -0.279 e. The van der Waals surface area contributed by atoms with Crippen LogP contribution in [0.15, 0.2) is 76.5 Å². The zero-order chi connectivity index (χ0) is 21.2. The van der Waals surface area contributed by atoms with E-state index in [4.69, 9.17) is 0 Å². The van der Waals surface area contributed by atoms with Gasteiger partial charge in [0.2, 0.25) is 0 Å². The summed E-state index contributed by atoms with van der Waals surface area (Å²) in [4.78, 5) is -0.830. The molecule has 0 bridgehead atoms. The summed E-state index contributed by atoms with van der Waals surface area (Å²) in [6.07, 6.45) is 0. The third-order valence-corrected chi connectivity index (χ3v) is 6.90. The summed E-state index contributed by atoms with van der Waals surface area (Å²) >= 11 is 0. The van der Waals surface area contributed by atoms with Gasteiger partial charge in [0.15, 0.2) is 0 Å². The van der Waals surface area contributed by atoms with Crippen molar-refractivity contribution in [2.45, 2.75) is 16.7 Å². The molecule has 0 aliphatic rings. The number of rotatable bonds is 6. The second-order valence-electron chi connectivity index (χ2n) is 6.10. The van der Waals surface area contributed by atoms with Crippen molar-refractivity contribution >= 4 is 31.4 Å². The third kappa shape index (κ3) is 4.54. The van der Waals surface area contributed by atoms with E-state index in [9.17, 15) is 25.6 Å². The number of hydrogen-bond acceptors (Lipinski definition) is 4. The molecule has 3 aromatic carbocycles. The Morgan fingerprint density at radius 2 is 1.28 bits per heavy atom. The monoisotopic (exact) mass is 438 g/mol. The van der Waals surface area contributed by atoms with E-state index in [0.717, 1.165) is 24.3 Å². The molecule has 0 heterocycles. The number of hydrogen-bond donors (Lipinski definition) is 2. The van der Waals surface area contributed by atoms with Crippen molar-refractivity contribution in [1.82, 2.24) is 0 Å². The third-order valence-electron chi connectivity index (χ3n) is 3.97. The number of para-hydroxylation sites is 1. The first-order valence-corrected chi connectivity index (χ1v) is 11.2. The summed E-state index contributed by atoms with van der Waals surface area (Å²) in [5, 5.41) is 0. The van der Waals surface area contributed by atoms with Gasteiger partial charge in [-0.3, -0.25) is 9.44 Å². The lowest BCUT2D eigenvalue weighted by Crippen LogP contribution is -2.17. The summed E-state index contributed by atoms with van der Waals surface area (Å²) in [7, 11) is -8.50. The van der Waals surface area contributed by atoms with Crippen molar-refractivity contribution in [1.29, 1.82) is 0 Å². The summed E-state index contributed by atoms with van der Waals surface area (Å²) in [6.45, 7) is 1.51. The molecule has 0 aromatic heterocycles. The number of sulfonamides is 2. The number of benzene rings is 3. The van der Waals surface area contributed by atoms with Crippen LogP contribution in [0.5, 0.6) is 0 Å². The van der Waals surface area contributed by atoms with Crippen LogP contribution in [-0.4, -0.2) is 16.8 Å². The van der Waals surface area contributed by atoms with Gasteiger partial charge in [0.1, 0.15) is 16.5 Å². The normalized spacial score (nSPS) is 11.8. The minimum absolute atomic E-state index is 0.0900. The van der Waals surface area contributed by atoms with Crippen LogP contribution < -0.4 is 9.44 Å². The first-order chi connectivity index (χ1) is 13.6. The first-order valence-electron chi connectivity index (χ1n) is 8.25. The van der Waals surface area contributed by atoms with Gasteiger partial charge in [0.05, 0.1) is 16.3 Å². The van der Waals surface area contributed by atoms with Crippen molar-refractivity contribution in [3.05, 3.63) is 83.9 Å². The van der Waals surface area contributed by atoms with Crippen LogP contribution >= 0.6 is 0 Å². The van der Waals surface area contributed by atoms with Crippen molar-refractivity contribution in [2.24, 2.45) is 0 Å². The van der Waals surface area contributed by atoms with E-state index in [1.165, 1.54) is 49.4 Å². The number of anilines is 2. The van der Waals surface area contributed by atoms with E-state index in [2.05, 4.69) is 9.44 Å². The predicted molar refractivity (Wildman–Crippen MR) is 106 cm³/mol. The largest absolute Gasteiger partial charge is 0.279 e.